The number of hydrogen-bond donors (Lipinski definition) is 2. The van der Waals surface area contributed by atoms with Crippen LogP contribution in [0.2, 0.25) is 0 Å². The summed E-state index contributed by atoms with van der Waals surface area (Å²) in [7, 11) is 3.19. The number of carbonyl (C=O) groups excluding carboxylic acids is 2. The first-order chi connectivity index (χ1) is 28.9. The monoisotopic (exact) mass is 822 g/mol. The Hall–Kier alpha value is -6.29. The molecule has 6 aromatic rings. The molecule has 0 unspecified atom stereocenters. The van der Waals surface area contributed by atoms with Crippen molar-refractivity contribution in [2.24, 2.45) is 13.0 Å². The summed E-state index contributed by atoms with van der Waals surface area (Å²) in [5.74, 6) is -0.0896. The van der Waals surface area contributed by atoms with Crippen molar-refractivity contribution in [2.75, 3.05) is 43.1 Å². The fourth-order valence-electron chi connectivity index (χ4n) is 9.22. The summed E-state index contributed by atoms with van der Waals surface area (Å²) < 4.78 is 67.5. The molecule has 0 aliphatic carbocycles. The number of nitrogens with zero attached hydrogens (tertiary/aromatic N) is 6. The first kappa shape index (κ1) is 39.2. The number of pyridine rings is 2. The minimum Gasteiger partial charge on any atom is -0.496 e. The largest absolute Gasteiger partial charge is 0.496 e. The molecule has 0 saturated carbocycles. The van der Waals surface area contributed by atoms with Gasteiger partial charge in [-0.15, -0.1) is 0 Å². The first-order valence-corrected chi connectivity index (χ1v) is 19.9. The van der Waals surface area contributed by atoms with Crippen molar-refractivity contribution in [2.45, 2.75) is 51.4 Å². The van der Waals surface area contributed by atoms with Crippen LogP contribution in [-0.4, -0.2) is 69.9 Å². The second-order valence-electron chi connectivity index (χ2n) is 15.9. The van der Waals surface area contributed by atoms with Crippen molar-refractivity contribution in [3.8, 4) is 16.9 Å². The van der Waals surface area contributed by atoms with Gasteiger partial charge in [0.25, 0.3) is 5.56 Å². The number of urea groups is 1. The molecule has 2 saturated heterocycles. The molecular weight excluding hydrogens is 781 g/mol. The summed E-state index contributed by atoms with van der Waals surface area (Å²) in [6.45, 7) is 2.60. The molecule has 0 atom stereocenters. The van der Waals surface area contributed by atoms with E-state index in [-0.39, 0.29) is 46.9 Å². The molecule has 6 heterocycles. The normalized spacial score (nSPS) is 16.8. The number of aryl methyl sites for hydroxylation is 1. The fourth-order valence-corrected chi connectivity index (χ4v) is 9.22. The summed E-state index contributed by atoms with van der Waals surface area (Å²) in [5, 5.41) is 10.1. The Labute approximate surface area is 341 Å². The Kier molecular flexibility index (Phi) is 10.0. The van der Waals surface area contributed by atoms with Gasteiger partial charge in [0, 0.05) is 87.8 Å². The number of nitrogens with one attached hydrogen (secondary N) is 2. The predicted molar refractivity (Wildman–Crippen MR) is 218 cm³/mol. The van der Waals surface area contributed by atoms with Gasteiger partial charge in [-0.1, -0.05) is 18.2 Å². The molecule has 9 rings (SSSR count). The number of amides is 3. The predicted octanol–water partition coefficient (Wildman–Crippen LogP) is 7.11. The van der Waals surface area contributed by atoms with Crippen molar-refractivity contribution < 1.29 is 31.9 Å². The number of rotatable bonds is 8. The third kappa shape index (κ3) is 7.11. The number of benzene rings is 3. The first-order valence-electron chi connectivity index (χ1n) is 19.9. The zero-order valence-corrected chi connectivity index (χ0v) is 33.0. The number of alkyl halides is 3. The van der Waals surface area contributed by atoms with Gasteiger partial charge in [-0.3, -0.25) is 34.8 Å². The smallest absolute Gasteiger partial charge is 0.420 e. The van der Waals surface area contributed by atoms with Gasteiger partial charge < -0.3 is 14.2 Å². The van der Waals surface area contributed by atoms with Gasteiger partial charge in [0.05, 0.1) is 23.7 Å². The van der Waals surface area contributed by atoms with Crippen LogP contribution in [-0.2, 0) is 43.9 Å². The molecule has 3 aliphatic heterocycles. The molecule has 3 aliphatic rings. The summed E-state index contributed by atoms with van der Waals surface area (Å²) >= 11 is 0. The van der Waals surface area contributed by atoms with E-state index in [1.807, 2.05) is 12.1 Å². The molecule has 0 radical (unpaired) electrons. The minimum absolute atomic E-state index is 0.0200. The maximum absolute atomic E-state index is 16.0. The summed E-state index contributed by atoms with van der Waals surface area (Å²) in [6.07, 6.45) is 3.18. The highest BCUT2D eigenvalue weighted by Crippen LogP contribution is 2.44. The Morgan fingerprint density at radius 3 is 2.53 bits per heavy atom. The van der Waals surface area contributed by atoms with Crippen LogP contribution in [0.3, 0.4) is 0 Å². The number of anilines is 2. The van der Waals surface area contributed by atoms with E-state index in [9.17, 15) is 27.6 Å². The number of halogens is 4. The highest BCUT2D eigenvalue weighted by molar-refractivity contribution is 6.09. The van der Waals surface area contributed by atoms with E-state index < -0.39 is 29.5 Å². The SMILES string of the molecule is COc1cc(-c2cn(C)c(=O)c3cnccc23)cc(F)c1CN1CCc2c(CC3CCN(c4ccc5c(N6CCC(=O)NC6=O)n[nH]c5c4C(F)(F)F)CC3)cccc2C1. The summed E-state index contributed by atoms with van der Waals surface area (Å²) in [5.41, 5.74) is 4.31. The van der Waals surface area contributed by atoms with Crippen LogP contribution < -0.4 is 25.4 Å². The van der Waals surface area contributed by atoms with Crippen LogP contribution in [0.25, 0.3) is 32.8 Å². The number of aromatic amines is 1. The molecule has 3 aromatic heterocycles. The molecule has 310 valence electrons. The van der Waals surface area contributed by atoms with Gasteiger partial charge in [-0.25, -0.2) is 9.18 Å². The molecule has 2 N–H and O–H groups in total. The number of aromatic nitrogens is 4. The fraction of sp³-hybridized carbons (Fsp3) is 0.341. The lowest BCUT2D eigenvalue weighted by Gasteiger charge is -2.36. The average Bonchev–Trinajstić information content (AvgIpc) is 3.66. The quantitative estimate of drug-likeness (QED) is 0.156. The third-order valence-corrected chi connectivity index (χ3v) is 12.2. The Bertz CT molecular complexity index is 2740. The third-order valence-electron chi connectivity index (χ3n) is 12.2. The molecule has 3 aromatic carbocycles. The second kappa shape index (κ2) is 15.4. The molecule has 2 fully saturated rings. The number of ether oxygens (including phenoxy) is 1. The Morgan fingerprint density at radius 1 is 0.950 bits per heavy atom. The van der Waals surface area contributed by atoms with E-state index in [4.69, 9.17) is 4.74 Å². The molecule has 16 heteroatoms. The van der Waals surface area contributed by atoms with E-state index in [1.165, 1.54) is 51.6 Å². The highest BCUT2D eigenvalue weighted by atomic mass is 19.4. The number of imide groups is 1. The van der Waals surface area contributed by atoms with Gasteiger partial charge in [-0.05, 0) is 89.6 Å². The number of fused-ring (bicyclic) bond motifs is 3. The van der Waals surface area contributed by atoms with E-state index >= 15 is 4.39 Å². The van der Waals surface area contributed by atoms with Crippen LogP contribution in [0.5, 0.6) is 5.75 Å². The van der Waals surface area contributed by atoms with Crippen molar-refractivity contribution in [3.05, 3.63) is 111 Å². The van der Waals surface area contributed by atoms with Gasteiger partial charge in [-0.2, -0.15) is 18.3 Å². The van der Waals surface area contributed by atoms with E-state index in [0.29, 0.717) is 78.8 Å². The van der Waals surface area contributed by atoms with Gasteiger partial charge in [0.15, 0.2) is 5.82 Å². The highest BCUT2D eigenvalue weighted by Gasteiger charge is 2.40. The van der Waals surface area contributed by atoms with Crippen LogP contribution in [0, 0.1) is 11.7 Å². The van der Waals surface area contributed by atoms with E-state index in [2.05, 4.69) is 37.5 Å². The van der Waals surface area contributed by atoms with Crippen molar-refractivity contribution in [1.82, 2.24) is 30.0 Å². The van der Waals surface area contributed by atoms with Crippen molar-refractivity contribution in [3.63, 3.8) is 0 Å². The molecule has 3 amide bonds. The number of carbonyl (C=O) groups is 2. The average molecular weight is 823 g/mol. The molecule has 0 bridgehead atoms. The zero-order valence-electron chi connectivity index (χ0n) is 33.0. The van der Waals surface area contributed by atoms with Crippen LogP contribution in [0.15, 0.2) is 71.9 Å². The lowest BCUT2D eigenvalue weighted by molar-refractivity contribution is -0.136. The minimum atomic E-state index is -4.69. The van der Waals surface area contributed by atoms with Gasteiger partial charge in [0.2, 0.25) is 5.91 Å². The molecular formula is C44H42F4N8O4. The van der Waals surface area contributed by atoms with E-state index in [0.717, 1.165) is 12.8 Å². The maximum atomic E-state index is 16.0. The molecule has 60 heavy (non-hydrogen) atoms. The van der Waals surface area contributed by atoms with Crippen LogP contribution in [0.4, 0.5) is 33.9 Å². The summed E-state index contributed by atoms with van der Waals surface area (Å²) in [6, 6.07) is 13.7. The van der Waals surface area contributed by atoms with Crippen molar-refractivity contribution >= 4 is 45.1 Å². The van der Waals surface area contributed by atoms with Crippen LogP contribution in [0.1, 0.15) is 47.1 Å². The number of piperidine rings is 1. The Morgan fingerprint density at radius 2 is 1.77 bits per heavy atom. The maximum Gasteiger partial charge on any atom is 0.420 e. The number of methoxy groups -OCH3 is 1. The lowest BCUT2D eigenvalue weighted by Crippen LogP contribution is -2.49. The van der Waals surface area contributed by atoms with Crippen LogP contribution >= 0.6 is 0 Å². The zero-order chi connectivity index (χ0) is 41.9. The van der Waals surface area contributed by atoms with E-state index in [1.54, 1.807) is 36.5 Å². The number of H-pyrrole nitrogens is 1. The second-order valence-corrected chi connectivity index (χ2v) is 15.9. The molecule has 12 nitrogen and oxygen atoms in total. The lowest BCUT2D eigenvalue weighted by atomic mass is 9.85. The van der Waals surface area contributed by atoms with Gasteiger partial charge in [0.1, 0.15) is 17.1 Å². The Balaban J connectivity index is 0.882. The molecule has 0 spiro atoms. The number of hydrogen-bond acceptors (Lipinski definition) is 8. The van der Waals surface area contributed by atoms with Crippen molar-refractivity contribution in [1.29, 1.82) is 0 Å². The van der Waals surface area contributed by atoms with Gasteiger partial charge >= 0.3 is 12.2 Å². The standard InChI is InChI=1S/C44H42F4N8O4/c1-53-23-33(30-8-13-49-21-32(30)42(53)58)28-19-35(45)34(37(20-28)60-2)24-54-14-11-29-26(4-3-5-27(29)22-54)18-25-9-15-55(16-10-25)36-7-6-31-40(39(36)44(46,47)48)51-52-41(31)56-17-12-38(57)50-43(56)59/h3-8,13,19-21,23,25H,9-12,14-18,22,24H2,1-2H3,(H,51,52)(H,50,57,59). The topological polar surface area (TPSA) is 129 Å². The summed E-state index contributed by atoms with van der Waals surface area (Å²) in [4.78, 5) is 46.1.